The predicted octanol–water partition coefficient (Wildman–Crippen LogP) is 3.86. The van der Waals surface area contributed by atoms with Crippen molar-refractivity contribution in [3.05, 3.63) is 28.3 Å². The number of rotatable bonds is 4. The van der Waals surface area contributed by atoms with Crippen LogP contribution in [0.25, 0.3) is 0 Å². The molecule has 0 saturated heterocycles. The number of anilines is 1. The van der Waals surface area contributed by atoms with Gasteiger partial charge in [0.15, 0.2) is 5.11 Å². The summed E-state index contributed by atoms with van der Waals surface area (Å²) in [6, 6.07) is 4.51. The molecule has 4 aliphatic rings. The minimum absolute atomic E-state index is 0.00219. The quantitative estimate of drug-likeness (QED) is 0.482. The Kier molecular flexibility index (Phi) is 4.06. The molecule has 6 nitrogen and oxygen atoms in total. The van der Waals surface area contributed by atoms with Gasteiger partial charge in [0, 0.05) is 11.6 Å². The Morgan fingerprint density at radius 1 is 1.24 bits per heavy atom. The first-order chi connectivity index (χ1) is 12.0. The number of ether oxygens (including phenoxy) is 1. The third-order valence-corrected chi connectivity index (χ3v) is 6.27. The number of nitro groups is 1. The van der Waals surface area contributed by atoms with Crippen LogP contribution in [0.15, 0.2) is 18.2 Å². The van der Waals surface area contributed by atoms with Crippen LogP contribution in [0.5, 0.6) is 5.75 Å². The molecule has 7 heteroatoms. The van der Waals surface area contributed by atoms with Gasteiger partial charge in [-0.05, 0) is 74.6 Å². The van der Waals surface area contributed by atoms with E-state index in [1.54, 1.807) is 6.07 Å². The third-order valence-electron chi connectivity index (χ3n) is 6.06. The second kappa shape index (κ2) is 6.12. The minimum atomic E-state index is -0.432. The van der Waals surface area contributed by atoms with Crippen LogP contribution in [-0.4, -0.2) is 22.7 Å². The topological polar surface area (TPSA) is 76.4 Å². The average molecular weight is 361 g/mol. The first-order valence-corrected chi connectivity index (χ1v) is 9.29. The predicted molar refractivity (Wildman–Crippen MR) is 99.9 cm³/mol. The lowest BCUT2D eigenvalue weighted by Crippen LogP contribution is -2.60. The molecule has 0 unspecified atom stereocenters. The highest BCUT2D eigenvalue weighted by Crippen LogP contribution is 2.55. The maximum Gasteiger partial charge on any atom is 0.273 e. The van der Waals surface area contributed by atoms with E-state index in [0.29, 0.717) is 16.5 Å². The van der Waals surface area contributed by atoms with Crippen LogP contribution in [0, 0.1) is 27.9 Å². The van der Waals surface area contributed by atoms with Crippen molar-refractivity contribution in [2.45, 2.75) is 44.1 Å². The number of hydrogen-bond acceptors (Lipinski definition) is 4. The normalized spacial score (nSPS) is 32.3. The van der Waals surface area contributed by atoms with Crippen molar-refractivity contribution >= 4 is 28.7 Å². The number of benzene rings is 1. The standard InChI is InChI=1S/C18H23N3O3S/c1-24-16-7-14(21(22)23)2-3-15(16)19-17(25)20-18-8-11-4-12(9-18)6-13(5-11)10-18/h2-3,7,11-13H,4-6,8-10H2,1H3,(H2,19,20,25). The first kappa shape index (κ1) is 16.6. The van der Waals surface area contributed by atoms with Gasteiger partial charge in [-0.2, -0.15) is 0 Å². The molecule has 4 aliphatic carbocycles. The van der Waals surface area contributed by atoms with Crippen molar-refractivity contribution in [2.24, 2.45) is 17.8 Å². The Morgan fingerprint density at radius 3 is 2.36 bits per heavy atom. The zero-order chi connectivity index (χ0) is 17.6. The molecule has 1 aromatic rings. The summed E-state index contributed by atoms with van der Waals surface area (Å²) in [4.78, 5) is 10.5. The molecule has 0 heterocycles. The van der Waals surface area contributed by atoms with Gasteiger partial charge in [-0.3, -0.25) is 10.1 Å². The van der Waals surface area contributed by atoms with Crippen molar-refractivity contribution in [1.82, 2.24) is 5.32 Å². The van der Waals surface area contributed by atoms with Crippen LogP contribution in [0.2, 0.25) is 0 Å². The van der Waals surface area contributed by atoms with Crippen molar-refractivity contribution in [3.8, 4) is 5.75 Å². The highest BCUT2D eigenvalue weighted by atomic mass is 32.1. The molecule has 2 N–H and O–H groups in total. The van der Waals surface area contributed by atoms with Crippen LogP contribution in [0.3, 0.4) is 0 Å². The number of hydrogen-bond donors (Lipinski definition) is 2. The molecule has 5 rings (SSSR count). The monoisotopic (exact) mass is 361 g/mol. The minimum Gasteiger partial charge on any atom is -0.494 e. The maximum atomic E-state index is 10.9. The van der Waals surface area contributed by atoms with E-state index in [1.165, 1.54) is 57.8 Å². The zero-order valence-electron chi connectivity index (χ0n) is 14.3. The summed E-state index contributed by atoms with van der Waals surface area (Å²) in [5.41, 5.74) is 0.782. The molecule has 25 heavy (non-hydrogen) atoms. The Morgan fingerprint density at radius 2 is 1.84 bits per heavy atom. The van der Waals surface area contributed by atoms with Crippen molar-refractivity contribution in [2.75, 3.05) is 12.4 Å². The lowest BCUT2D eigenvalue weighted by atomic mass is 9.53. The van der Waals surface area contributed by atoms with Crippen LogP contribution < -0.4 is 15.4 Å². The number of nitro benzene ring substituents is 1. The summed E-state index contributed by atoms with van der Waals surface area (Å²) in [6.45, 7) is 0. The molecule has 0 spiro atoms. The van der Waals surface area contributed by atoms with E-state index >= 15 is 0 Å². The molecule has 4 bridgehead atoms. The van der Waals surface area contributed by atoms with Gasteiger partial charge in [0.2, 0.25) is 0 Å². The van der Waals surface area contributed by atoms with Crippen molar-refractivity contribution < 1.29 is 9.66 Å². The molecular weight excluding hydrogens is 338 g/mol. The SMILES string of the molecule is COc1cc([N+](=O)[O-])ccc1NC(=S)NC12CC3CC(CC(C3)C1)C2. The first-order valence-electron chi connectivity index (χ1n) is 8.88. The average Bonchev–Trinajstić information content (AvgIpc) is 2.53. The summed E-state index contributed by atoms with van der Waals surface area (Å²) in [5.74, 6) is 2.95. The van der Waals surface area contributed by atoms with Crippen molar-refractivity contribution in [3.63, 3.8) is 0 Å². The molecule has 0 aliphatic heterocycles. The van der Waals surface area contributed by atoms with Crippen LogP contribution >= 0.6 is 12.2 Å². The van der Waals surface area contributed by atoms with Gasteiger partial charge in [-0.15, -0.1) is 0 Å². The Bertz CT molecular complexity index is 686. The molecule has 0 atom stereocenters. The molecular formula is C18H23N3O3S. The van der Waals surface area contributed by atoms with Crippen LogP contribution in [0.4, 0.5) is 11.4 Å². The van der Waals surface area contributed by atoms with Crippen LogP contribution in [0.1, 0.15) is 38.5 Å². The van der Waals surface area contributed by atoms with Gasteiger partial charge in [0.05, 0.1) is 23.8 Å². The van der Waals surface area contributed by atoms with Gasteiger partial charge in [-0.25, -0.2) is 0 Å². The summed E-state index contributed by atoms with van der Waals surface area (Å²) in [5, 5.41) is 18.3. The van der Waals surface area contributed by atoms with Gasteiger partial charge >= 0.3 is 0 Å². The summed E-state index contributed by atoms with van der Waals surface area (Å²) in [6.07, 6.45) is 7.78. The molecule has 134 valence electrons. The third kappa shape index (κ3) is 3.17. The fraction of sp³-hybridized carbons (Fsp3) is 0.611. The largest absolute Gasteiger partial charge is 0.494 e. The zero-order valence-corrected chi connectivity index (χ0v) is 15.1. The Hall–Kier alpha value is -1.89. The Labute approximate surface area is 152 Å². The fourth-order valence-electron chi connectivity index (χ4n) is 5.55. The fourth-order valence-corrected chi connectivity index (χ4v) is 5.88. The second-order valence-corrected chi connectivity index (χ2v) is 8.33. The lowest BCUT2D eigenvalue weighted by molar-refractivity contribution is -0.384. The van der Waals surface area contributed by atoms with E-state index in [0.717, 1.165) is 17.8 Å². The van der Waals surface area contributed by atoms with E-state index < -0.39 is 4.92 Å². The second-order valence-electron chi connectivity index (χ2n) is 7.92. The molecule has 0 aromatic heterocycles. The molecule has 0 radical (unpaired) electrons. The number of non-ortho nitro benzene ring substituents is 1. The van der Waals surface area contributed by atoms with Crippen molar-refractivity contribution in [1.29, 1.82) is 0 Å². The highest BCUT2D eigenvalue weighted by Gasteiger charge is 2.51. The number of nitrogens with one attached hydrogen (secondary N) is 2. The smallest absolute Gasteiger partial charge is 0.273 e. The number of methoxy groups -OCH3 is 1. The molecule has 0 amide bonds. The van der Waals surface area contributed by atoms with Gasteiger partial charge in [0.25, 0.3) is 5.69 Å². The number of thiocarbonyl (C=S) groups is 1. The van der Waals surface area contributed by atoms with Crippen LogP contribution in [-0.2, 0) is 0 Å². The summed E-state index contributed by atoms with van der Waals surface area (Å²) in [7, 11) is 1.50. The van der Waals surface area contributed by atoms with E-state index in [4.69, 9.17) is 17.0 Å². The lowest BCUT2D eigenvalue weighted by Gasteiger charge is -2.57. The Balaban J connectivity index is 1.47. The maximum absolute atomic E-state index is 10.9. The molecule has 1 aromatic carbocycles. The van der Waals surface area contributed by atoms with E-state index in [9.17, 15) is 10.1 Å². The van der Waals surface area contributed by atoms with Gasteiger partial charge < -0.3 is 15.4 Å². The molecule has 4 saturated carbocycles. The van der Waals surface area contributed by atoms with Gasteiger partial charge in [0.1, 0.15) is 5.75 Å². The molecule has 4 fully saturated rings. The van der Waals surface area contributed by atoms with Gasteiger partial charge in [-0.1, -0.05) is 0 Å². The summed E-state index contributed by atoms with van der Waals surface area (Å²) < 4.78 is 5.28. The highest BCUT2D eigenvalue weighted by molar-refractivity contribution is 7.80. The number of nitrogens with zero attached hydrogens (tertiary/aromatic N) is 1. The summed E-state index contributed by atoms with van der Waals surface area (Å²) >= 11 is 5.55. The van der Waals surface area contributed by atoms with E-state index in [2.05, 4.69) is 10.6 Å². The van der Waals surface area contributed by atoms with E-state index in [1.807, 2.05) is 0 Å². The van der Waals surface area contributed by atoms with E-state index in [-0.39, 0.29) is 11.2 Å².